The van der Waals surface area contributed by atoms with E-state index in [4.69, 9.17) is 0 Å². The Labute approximate surface area is 122 Å². The van der Waals surface area contributed by atoms with Gasteiger partial charge in [-0.25, -0.2) is 8.78 Å². The highest BCUT2D eigenvalue weighted by atomic mass is 32.1. The van der Waals surface area contributed by atoms with E-state index in [9.17, 15) is 8.78 Å². The fourth-order valence-corrected chi connectivity index (χ4v) is 3.24. The van der Waals surface area contributed by atoms with Crippen LogP contribution in [0, 0.1) is 18.6 Å². The van der Waals surface area contributed by atoms with Crippen molar-refractivity contribution in [3.8, 4) is 0 Å². The third-order valence-corrected chi connectivity index (χ3v) is 4.63. The largest absolute Gasteiger partial charge is 0.306 e. The van der Waals surface area contributed by atoms with Crippen molar-refractivity contribution in [1.29, 1.82) is 0 Å². The maximum atomic E-state index is 14.2. The number of thiophene rings is 1. The highest BCUT2D eigenvalue weighted by molar-refractivity contribution is 7.12. The predicted molar refractivity (Wildman–Crippen MR) is 80.3 cm³/mol. The normalized spacial score (nSPS) is 12.7. The molecule has 0 fully saturated rings. The molecule has 2 aromatic rings. The van der Waals surface area contributed by atoms with E-state index in [0.29, 0.717) is 17.7 Å². The molecule has 0 aliphatic rings. The molecule has 0 saturated carbocycles. The maximum Gasteiger partial charge on any atom is 0.164 e. The van der Waals surface area contributed by atoms with Gasteiger partial charge in [-0.1, -0.05) is 26.0 Å². The van der Waals surface area contributed by atoms with Gasteiger partial charge >= 0.3 is 0 Å². The molecule has 0 aliphatic carbocycles. The van der Waals surface area contributed by atoms with Crippen LogP contribution < -0.4 is 5.32 Å². The first kappa shape index (κ1) is 15.1. The number of rotatable bonds is 5. The summed E-state index contributed by atoms with van der Waals surface area (Å²) in [7, 11) is 0. The molecule has 108 valence electrons. The zero-order chi connectivity index (χ0) is 14.7. The Hall–Kier alpha value is -1.26. The molecule has 4 heteroatoms. The first-order valence-corrected chi connectivity index (χ1v) is 7.66. The second kappa shape index (κ2) is 6.46. The molecule has 20 heavy (non-hydrogen) atoms. The second-order valence-corrected chi connectivity index (χ2v) is 5.95. The van der Waals surface area contributed by atoms with Gasteiger partial charge in [0.1, 0.15) is 0 Å². The minimum atomic E-state index is -0.752. The summed E-state index contributed by atoms with van der Waals surface area (Å²) in [5, 5.41) is 3.24. The van der Waals surface area contributed by atoms with Crippen molar-refractivity contribution in [1.82, 2.24) is 5.32 Å². The molecular weight excluding hydrogens is 276 g/mol. The lowest BCUT2D eigenvalue weighted by Gasteiger charge is -2.18. The molecule has 0 bridgehead atoms. The number of benzene rings is 1. The van der Waals surface area contributed by atoms with Gasteiger partial charge < -0.3 is 5.32 Å². The number of aryl methyl sites for hydroxylation is 2. The Morgan fingerprint density at radius 3 is 2.45 bits per heavy atom. The molecule has 0 radical (unpaired) electrons. The maximum absolute atomic E-state index is 14.2. The Balaban J connectivity index is 2.45. The molecule has 1 unspecified atom stereocenters. The third kappa shape index (κ3) is 2.91. The molecule has 2 rings (SSSR count). The number of hydrogen-bond donors (Lipinski definition) is 1. The Morgan fingerprint density at radius 2 is 1.85 bits per heavy atom. The average molecular weight is 295 g/mol. The van der Waals surface area contributed by atoms with E-state index in [1.165, 1.54) is 4.88 Å². The van der Waals surface area contributed by atoms with E-state index in [2.05, 4.69) is 12.2 Å². The minimum Gasteiger partial charge on any atom is -0.306 e. The molecule has 0 amide bonds. The quantitative estimate of drug-likeness (QED) is 0.850. The van der Waals surface area contributed by atoms with E-state index in [1.54, 1.807) is 30.4 Å². The molecule has 1 heterocycles. The highest BCUT2D eigenvalue weighted by Gasteiger charge is 2.21. The van der Waals surface area contributed by atoms with E-state index in [0.717, 1.165) is 11.3 Å². The van der Waals surface area contributed by atoms with Crippen molar-refractivity contribution in [2.75, 3.05) is 6.54 Å². The van der Waals surface area contributed by atoms with Crippen molar-refractivity contribution in [3.63, 3.8) is 0 Å². The zero-order valence-electron chi connectivity index (χ0n) is 12.0. The molecule has 0 saturated heterocycles. The molecule has 1 nitrogen and oxygen atoms in total. The van der Waals surface area contributed by atoms with Gasteiger partial charge in [0.2, 0.25) is 0 Å². The average Bonchev–Trinajstić information content (AvgIpc) is 2.92. The van der Waals surface area contributed by atoms with Gasteiger partial charge in [0, 0.05) is 15.3 Å². The van der Waals surface area contributed by atoms with Gasteiger partial charge in [-0.05, 0) is 37.6 Å². The van der Waals surface area contributed by atoms with Crippen LogP contribution >= 0.6 is 11.3 Å². The van der Waals surface area contributed by atoms with E-state index < -0.39 is 11.6 Å². The van der Waals surface area contributed by atoms with Crippen LogP contribution in [0.5, 0.6) is 0 Å². The summed E-state index contributed by atoms with van der Waals surface area (Å²) in [6, 6.07) is 7.06. The summed E-state index contributed by atoms with van der Waals surface area (Å²) < 4.78 is 28.0. The summed E-state index contributed by atoms with van der Waals surface area (Å²) in [5.74, 6) is -1.50. The fourth-order valence-electron chi connectivity index (χ4n) is 2.19. The van der Waals surface area contributed by atoms with Crippen LogP contribution in [0.2, 0.25) is 0 Å². The lowest BCUT2D eigenvalue weighted by molar-refractivity contribution is 0.480. The van der Waals surface area contributed by atoms with Crippen LogP contribution in [0.3, 0.4) is 0 Å². The van der Waals surface area contributed by atoms with Gasteiger partial charge in [-0.15, -0.1) is 11.3 Å². The van der Waals surface area contributed by atoms with Crippen molar-refractivity contribution in [2.45, 2.75) is 33.2 Å². The lowest BCUT2D eigenvalue weighted by atomic mass is 10.0. The molecule has 0 aliphatic heterocycles. The highest BCUT2D eigenvalue weighted by Crippen LogP contribution is 2.31. The lowest BCUT2D eigenvalue weighted by Crippen LogP contribution is -2.22. The van der Waals surface area contributed by atoms with Crippen LogP contribution in [-0.2, 0) is 6.42 Å². The molecule has 1 N–H and O–H groups in total. The van der Waals surface area contributed by atoms with Crippen molar-refractivity contribution >= 4 is 11.3 Å². The fraction of sp³-hybridized carbons (Fsp3) is 0.375. The summed E-state index contributed by atoms with van der Waals surface area (Å²) in [5.41, 5.74) is 0.710. The molecule has 0 spiro atoms. The third-order valence-electron chi connectivity index (χ3n) is 3.34. The summed E-state index contributed by atoms with van der Waals surface area (Å²) >= 11 is 1.64. The van der Waals surface area contributed by atoms with E-state index in [-0.39, 0.29) is 6.04 Å². The van der Waals surface area contributed by atoms with Crippen LogP contribution in [-0.4, -0.2) is 6.54 Å². The molecule has 1 atom stereocenters. The Morgan fingerprint density at radius 1 is 1.10 bits per heavy atom. The SMILES string of the molecule is CCNC(c1ccc(CC)s1)c1ccc(C)c(F)c1F. The van der Waals surface area contributed by atoms with Crippen LogP contribution in [0.1, 0.15) is 40.8 Å². The summed E-state index contributed by atoms with van der Waals surface area (Å²) in [6.45, 7) is 6.32. The van der Waals surface area contributed by atoms with Gasteiger partial charge in [0.15, 0.2) is 11.6 Å². The summed E-state index contributed by atoms with van der Waals surface area (Å²) in [4.78, 5) is 2.27. The van der Waals surface area contributed by atoms with Crippen LogP contribution in [0.4, 0.5) is 8.78 Å². The van der Waals surface area contributed by atoms with Gasteiger partial charge in [0.25, 0.3) is 0 Å². The minimum absolute atomic E-state index is 0.291. The van der Waals surface area contributed by atoms with Crippen molar-refractivity contribution < 1.29 is 8.78 Å². The van der Waals surface area contributed by atoms with Gasteiger partial charge in [-0.3, -0.25) is 0 Å². The second-order valence-electron chi connectivity index (χ2n) is 4.75. The predicted octanol–water partition coefficient (Wildman–Crippen LogP) is 4.60. The molecule has 1 aromatic carbocycles. The molecular formula is C16H19F2NS. The van der Waals surface area contributed by atoms with Gasteiger partial charge in [0.05, 0.1) is 6.04 Å². The number of halogens is 2. The standard InChI is InChI=1S/C16H19F2NS/c1-4-11-7-9-13(20-11)16(19-5-2)12-8-6-10(3)14(17)15(12)18/h6-9,16,19H,4-5H2,1-3H3. The monoisotopic (exact) mass is 295 g/mol. The topological polar surface area (TPSA) is 12.0 Å². The smallest absolute Gasteiger partial charge is 0.164 e. The first-order chi connectivity index (χ1) is 9.58. The zero-order valence-corrected chi connectivity index (χ0v) is 12.8. The first-order valence-electron chi connectivity index (χ1n) is 6.84. The van der Waals surface area contributed by atoms with E-state index in [1.807, 2.05) is 19.1 Å². The van der Waals surface area contributed by atoms with Crippen LogP contribution in [0.25, 0.3) is 0 Å². The molecule has 1 aromatic heterocycles. The Bertz CT molecular complexity index is 592. The Kier molecular flexibility index (Phi) is 4.89. The van der Waals surface area contributed by atoms with E-state index >= 15 is 0 Å². The number of nitrogens with one attached hydrogen (secondary N) is 1. The van der Waals surface area contributed by atoms with Gasteiger partial charge in [-0.2, -0.15) is 0 Å². The summed E-state index contributed by atoms with van der Waals surface area (Å²) in [6.07, 6.45) is 0.953. The van der Waals surface area contributed by atoms with Crippen molar-refractivity contribution in [3.05, 3.63) is 56.8 Å². The number of hydrogen-bond acceptors (Lipinski definition) is 2. The van der Waals surface area contributed by atoms with Crippen molar-refractivity contribution in [2.24, 2.45) is 0 Å². The van der Waals surface area contributed by atoms with Crippen LogP contribution in [0.15, 0.2) is 24.3 Å².